The molecule has 1 atom stereocenters. The van der Waals surface area contributed by atoms with E-state index in [0.717, 1.165) is 18.4 Å². The predicted octanol–water partition coefficient (Wildman–Crippen LogP) is 2.36. The average Bonchev–Trinajstić information content (AvgIpc) is 3.18. The van der Waals surface area contributed by atoms with E-state index in [-0.39, 0.29) is 12.0 Å². The van der Waals surface area contributed by atoms with Gasteiger partial charge in [0, 0.05) is 10.9 Å². The van der Waals surface area contributed by atoms with Crippen molar-refractivity contribution < 1.29 is 9.53 Å². The molecule has 0 amide bonds. The van der Waals surface area contributed by atoms with Gasteiger partial charge >= 0.3 is 5.97 Å². The Labute approximate surface area is 106 Å². The van der Waals surface area contributed by atoms with Gasteiger partial charge in [0.15, 0.2) is 0 Å². The molecular formula is C13H17NO2S. The Bertz CT molecular complexity index is 412. The normalized spacial score (nSPS) is 18.5. The molecule has 1 aliphatic rings. The molecule has 4 heteroatoms. The van der Waals surface area contributed by atoms with Crippen molar-refractivity contribution in [2.45, 2.75) is 23.8 Å². The maximum Gasteiger partial charge on any atom is 0.313 e. The minimum absolute atomic E-state index is 0.182. The minimum atomic E-state index is -0.477. The number of hydrogen-bond acceptors (Lipinski definition) is 4. The Morgan fingerprint density at radius 2 is 2.00 bits per heavy atom. The molecule has 1 aromatic carbocycles. The highest BCUT2D eigenvalue weighted by molar-refractivity contribution is 7.98. The minimum Gasteiger partial charge on any atom is -0.469 e. The number of benzene rings is 1. The number of hydrogen-bond donors (Lipinski definition) is 1. The van der Waals surface area contributed by atoms with Crippen LogP contribution in [0.15, 0.2) is 29.2 Å². The fourth-order valence-corrected chi connectivity index (χ4v) is 2.52. The van der Waals surface area contributed by atoms with Crippen molar-refractivity contribution in [2.24, 2.45) is 11.1 Å². The van der Waals surface area contributed by atoms with E-state index in [4.69, 9.17) is 10.5 Å². The van der Waals surface area contributed by atoms with Crippen LogP contribution in [0.3, 0.4) is 0 Å². The van der Waals surface area contributed by atoms with Crippen LogP contribution in [0.25, 0.3) is 0 Å². The van der Waals surface area contributed by atoms with Crippen LogP contribution in [-0.2, 0) is 9.53 Å². The lowest BCUT2D eigenvalue weighted by molar-refractivity contribution is -0.148. The van der Waals surface area contributed by atoms with Gasteiger partial charge in [-0.2, -0.15) is 0 Å². The third kappa shape index (κ3) is 2.19. The van der Waals surface area contributed by atoms with E-state index >= 15 is 0 Å². The molecule has 0 bridgehead atoms. The smallest absolute Gasteiger partial charge is 0.313 e. The molecule has 17 heavy (non-hydrogen) atoms. The molecule has 2 N–H and O–H groups in total. The number of carbonyl (C=O) groups excluding carboxylic acids is 1. The number of ether oxygens (including phenoxy) is 1. The summed E-state index contributed by atoms with van der Waals surface area (Å²) in [5.41, 5.74) is 6.72. The van der Waals surface area contributed by atoms with Crippen molar-refractivity contribution in [1.29, 1.82) is 0 Å². The molecule has 0 spiro atoms. The predicted molar refractivity (Wildman–Crippen MR) is 68.8 cm³/mol. The van der Waals surface area contributed by atoms with Crippen LogP contribution in [0.1, 0.15) is 24.4 Å². The summed E-state index contributed by atoms with van der Waals surface area (Å²) in [7, 11) is 1.42. The van der Waals surface area contributed by atoms with E-state index in [1.54, 1.807) is 11.8 Å². The van der Waals surface area contributed by atoms with E-state index in [2.05, 4.69) is 0 Å². The first-order valence-corrected chi connectivity index (χ1v) is 6.84. The van der Waals surface area contributed by atoms with Gasteiger partial charge < -0.3 is 10.5 Å². The SMILES string of the molecule is COC(=O)C1(C(N)c2ccc(SC)cc2)CC1. The molecule has 0 aliphatic heterocycles. The van der Waals surface area contributed by atoms with Crippen LogP contribution in [0.2, 0.25) is 0 Å². The lowest BCUT2D eigenvalue weighted by atomic mass is 9.91. The molecular weight excluding hydrogens is 234 g/mol. The first-order chi connectivity index (χ1) is 8.14. The number of methoxy groups -OCH3 is 1. The van der Waals surface area contributed by atoms with Crippen LogP contribution in [0.5, 0.6) is 0 Å². The summed E-state index contributed by atoms with van der Waals surface area (Å²) in [6, 6.07) is 7.81. The zero-order valence-corrected chi connectivity index (χ0v) is 10.9. The lowest BCUT2D eigenvalue weighted by Gasteiger charge is -2.21. The Morgan fingerprint density at radius 3 is 2.41 bits per heavy atom. The largest absolute Gasteiger partial charge is 0.469 e. The summed E-state index contributed by atoms with van der Waals surface area (Å²) >= 11 is 1.69. The van der Waals surface area contributed by atoms with Crippen molar-refractivity contribution in [1.82, 2.24) is 0 Å². The first-order valence-electron chi connectivity index (χ1n) is 5.62. The van der Waals surface area contributed by atoms with Gasteiger partial charge in [0.05, 0.1) is 12.5 Å². The van der Waals surface area contributed by atoms with Crippen LogP contribution < -0.4 is 5.73 Å². The highest BCUT2D eigenvalue weighted by Crippen LogP contribution is 2.54. The number of thioether (sulfide) groups is 1. The molecule has 1 fully saturated rings. The summed E-state index contributed by atoms with van der Waals surface area (Å²) in [6.45, 7) is 0. The number of carbonyl (C=O) groups is 1. The molecule has 1 saturated carbocycles. The fraction of sp³-hybridized carbons (Fsp3) is 0.462. The molecule has 92 valence electrons. The molecule has 0 aromatic heterocycles. The molecule has 0 saturated heterocycles. The zero-order chi connectivity index (χ0) is 12.5. The van der Waals surface area contributed by atoms with Gasteiger partial charge in [-0.1, -0.05) is 12.1 Å². The van der Waals surface area contributed by atoms with E-state index in [1.165, 1.54) is 12.0 Å². The van der Waals surface area contributed by atoms with Crippen LogP contribution in [0, 0.1) is 5.41 Å². The van der Waals surface area contributed by atoms with E-state index in [9.17, 15) is 4.79 Å². The van der Waals surface area contributed by atoms with Gasteiger partial charge in [-0.25, -0.2) is 0 Å². The van der Waals surface area contributed by atoms with Crippen molar-refractivity contribution in [3.05, 3.63) is 29.8 Å². The summed E-state index contributed by atoms with van der Waals surface area (Å²) in [5, 5.41) is 0. The van der Waals surface area contributed by atoms with Gasteiger partial charge in [-0.3, -0.25) is 4.79 Å². The van der Waals surface area contributed by atoms with Crippen LogP contribution in [-0.4, -0.2) is 19.3 Å². The lowest BCUT2D eigenvalue weighted by Crippen LogP contribution is -2.31. The molecule has 1 aromatic rings. The second kappa shape index (κ2) is 4.70. The molecule has 2 rings (SSSR count). The maximum absolute atomic E-state index is 11.7. The van der Waals surface area contributed by atoms with Gasteiger partial charge in [-0.05, 0) is 36.8 Å². The fourth-order valence-electron chi connectivity index (χ4n) is 2.11. The van der Waals surface area contributed by atoms with Crippen LogP contribution >= 0.6 is 11.8 Å². The zero-order valence-electron chi connectivity index (χ0n) is 10.1. The second-order valence-corrected chi connectivity index (χ2v) is 5.28. The van der Waals surface area contributed by atoms with Crippen molar-refractivity contribution in [3.63, 3.8) is 0 Å². The Kier molecular flexibility index (Phi) is 3.45. The van der Waals surface area contributed by atoms with Crippen molar-refractivity contribution in [3.8, 4) is 0 Å². The Balaban J connectivity index is 2.19. The summed E-state index contributed by atoms with van der Waals surface area (Å²) in [5.74, 6) is -0.182. The Morgan fingerprint density at radius 1 is 1.41 bits per heavy atom. The van der Waals surface area contributed by atoms with E-state index < -0.39 is 5.41 Å². The first kappa shape index (κ1) is 12.5. The van der Waals surface area contributed by atoms with Gasteiger partial charge in [0.1, 0.15) is 0 Å². The third-order valence-electron chi connectivity index (χ3n) is 3.45. The van der Waals surface area contributed by atoms with Crippen LogP contribution in [0.4, 0.5) is 0 Å². The highest BCUT2D eigenvalue weighted by atomic mass is 32.2. The second-order valence-electron chi connectivity index (χ2n) is 4.40. The highest BCUT2D eigenvalue weighted by Gasteiger charge is 2.56. The molecule has 1 aliphatic carbocycles. The molecule has 0 heterocycles. The third-order valence-corrected chi connectivity index (χ3v) is 4.19. The van der Waals surface area contributed by atoms with E-state index in [0.29, 0.717) is 0 Å². The quantitative estimate of drug-likeness (QED) is 0.659. The van der Waals surface area contributed by atoms with Crippen molar-refractivity contribution >= 4 is 17.7 Å². The number of esters is 1. The molecule has 0 radical (unpaired) electrons. The molecule has 3 nitrogen and oxygen atoms in total. The number of nitrogens with two attached hydrogens (primary N) is 1. The average molecular weight is 251 g/mol. The standard InChI is InChI=1S/C13H17NO2S/c1-16-12(15)13(7-8-13)11(14)9-3-5-10(17-2)6-4-9/h3-6,11H,7-8,14H2,1-2H3. The topological polar surface area (TPSA) is 52.3 Å². The number of rotatable bonds is 4. The van der Waals surface area contributed by atoms with Gasteiger partial charge in [0.25, 0.3) is 0 Å². The van der Waals surface area contributed by atoms with Gasteiger partial charge in [-0.15, -0.1) is 11.8 Å². The summed E-state index contributed by atoms with van der Waals surface area (Å²) < 4.78 is 4.84. The maximum atomic E-state index is 11.7. The monoisotopic (exact) mass is 251 g/mol. The molecule has 1 unspecified atom stereocenters. The van der Waals surface area contributed by atoms with Crippen molar-refractivity contribution in [2.75, 3.05) is 13.4 Å². The Hall–Kier alpha value is -1.00. The van der Waals surface area contributed by atoms with Gasteiger partial charge in [0.2, 0.25) is 0 Å². The summed E-state index contributed by atoms with van der Waals surface area (Å²) in [6.07, 6.45) is 3.68. The summed E-state index contributed by atoms with van der Waals surface area (Å²) in [4.78, 5) is 12.9. The van der Waals surface area contributed by atoms with E-state index in [1.807, 2.05) is 30.5 Å².